The third-order valence-corrected chi connectivity index (χ3v) is 2.03. The maximum atomic E-state index is 11.2. The maximum absolute atomic E-state index is 11.2. The molecule has 0 saturated carbocycles. The predicted octanol–water partition coefficient (Wildman–Crippen LogP) is 1.64. The number of hydrogen-bond donors (Lipinski definition) is 3. The molecule has 0 saturated heterocycles. The molecular weight excluding hydrogens is 204 g/mol. The van der Waals surface area contributed by atoms with Crippen LogP contribution in [0.15, 0.2) is 24.3 Å². The first kappa shape index (κ1) is 12.4. The minimum Gasteiger partial charge on any atom is -0.508 e. The van der Waals surface area contributed by atoms with Gasteiger partial charge in [0.05, 0.1) is 0 Å². The zero-order chi connectivity index (χ0) is 12.0. The van der Waals surface area contributed by atoms with E-state index in [2.05, 4.69) is 10.6 Å². The van der Waals surface area contributed by atoms with Crippen molar-refractivity contribution >= 4 is 6.03 Å². The number of phenols is 1. The van der Waals surface area contributed by atoms with Crippen LogP contribution in [-0.4, -0.2) is 23.7 Å². The smallest absolute Gasteiger partial charge is 0.314 e. The van der Waals surface area contributed by atoms with Crippen LogP contribution in [0.3, 0.4) is 0 Å². The van der Waals surface area contributed by atoms with Gasteiger partial charge in [-0.2, -0.15) is 0 Å². The minimum absolute atomic E-state index is 0.140. The number of phenolic OH excluding ortho intramolecular Hbond substituents is 1. The van der Waals surface area contributed by atoms with Gasteiger partial charge in [0.15, 0.2) is 0 Å². The predicted molar refractivity (Wildman–Crippen MR) is 63.5 cm³/mol. The summed E-state index contributed by atoms with van der Waals surface area (Å²) in [5.41, 5.74) is 1.00. The maximum Gasteiger partial charge on any atom is 0.314 e. The number of urea groups is 1. The van der Waals surface area contributed by atoms with Gasteiger partial charge in [-0.3, -0.25) is 0 Å². The van der Waals surface area contributed by atoms with Gasteiger partial charge in [-0.15, -0.1) is 0 Å². The van der Waals surface area contributed by atoms with Crippen LogP contribution in [0.1, 0.15) is 19.4 Å². The third kappa shape index (κ3) is 4.68. The van der Waals surface area contributed by atoms with Crippen molar-refractivity contribution in [1.82, 2.24) is 10.6 Å². The number of rotatable bonds is 4. The second-order valence-electron chi connectivity index (χ2n) is 3.97. The zero-order valence-electron chi connectivity index (χ0n) is 9.66. The van der Waals surface area contributed by atoms with E-state index in [9.17, 15) is 9.90 Å². The van der Waals surface area contributed by atoms with Crippen LogP contribution in [0.25, 0.3) is 0 Å². The lowest BCUT2D eigenvalue weighted by Crippen LogP contribution is -2.40. The number of hydrogen-bond acceptors (Lipinski definition) is 2. The minimum atomic E-state index is -0.157. The summed E-state index contributed by atoms with van der Waals surface area (Å²) in [6.07, 6.45) is 0.708. The largest absolute Gasteiger partial charge is 0.508 e. The SMILES string of the molecule is CC(C)NC(=O)NCCc1cccc(O)c1. The summed E-state index contributed by atoms with van der Waals surface area (Å²) in [5.74, 6) is 0.254. The number of aromatic hydroxyl groups is 1. The van der Waals surface area contributed by atoms with Gasteiger partial charge in [0.25, 0.3) is 0 Å². The highest BCUT2D eigenvalue weighted by Gasteiger charge is 2.01. The molecule has 16 heavy (non-hydrogen) atoms. The summed E-state index contributed by atoms with van der Waals surface area (Å²) >= 11 is 0. The van der Waals surface area contributed by atoms with Crippen molar-refractivity contribution in [3.05, 3.63) is 29.8 Å². The summed E-state index contributed by atoms with van der Waals surface area (Å²) in [6, 6.07) is 7.02. The number of amides is 2. The molecule has 0 spiro atoms. The van der Waals surface area contributed by atoms with E-state index in [-0.39, 0.29) is 17.8 Å². The van der Waals surface area contributed by atoms with Gasteiger partial charge in [-0.05, 0) is 38.0 Å². The van der Waals surface area contributed by atoms with Crippen molar-refractivity contribution in [2.24, 2.45) is 0 Å². The molecule has 0 aromatic heterocycles. The summed E-state index contributed by atoms with van der Waals surface area (Å²) in [6.45, 7) is 4.38. The quantitative estimate of drug-likeness (QED) is 0.725. The highest BCUT2D eigenvalue weighted by atomic mass is 16.3. The van der Waals surface area contributed by atoms with E-state index in [1.165, 1.54) is 0 Å². The van der Waals surface area contributed by atoms with Crippen LogP contribution in [0.4, 0.5) is 4.79 Å². The van der Waals surface area contributed by atoms with Crippen molar-refractivity contribution in [3.8, 4) is 5.75 Å². The van der Waals surface area contributed by atoms with Gasteiger partial charge in [0.2, 0.25) is 0 Å². The highest BCUT2D eigenvalue weighted by Crippen LogP contribution is 2.10. The Kier molecular flexibility index (Phi) is 4.64. The molecule has 0 bridgehead atoms. The second kappa shape index (κ2) is 6.00. The van der Waals surface area contributed by atoms with Gasteiger partial charge in [-0.1, -0.05) is 12.1 Å². The van der Waals surface area contributed by atoms with Crippen molar-refractivity contribution in [1.29, 1.82) is 0 Å². The van der Waals surface area contributed by atoms with E-state index in [4.69, 9.17) is 0 Å². The van der Waals surface area contributed by atoms with Gasteiger partial charge in [0, 0.05) is 12.6 Å². The molecule has 0 aliphatic rings. The lowest BCUT2D eigenvalue weighted by atomic mass is 10.1. The molecule has 1 rings (SSSR count). The van der Waals surface area contributed by atoms with Crippen molar-refractivity contribution in [2.45, 2.75) is 26.3 Å². The molecule has 4 heteroatoms. The van der Waals surface area contributed by atoms with Crippen molar-refractivity contribution in [2.75, 3.05) is 6.54 Å². The van der Waals surface area contributed by atoms with E-state index in [0.717, 1.165) is 5.56 Å². The van der Waals surface area contributed by atoms with E-state index in [0.29, 0.717) is 13.0 Å². The Morgan fingerprint density at radius 2 is 2.19 bits per heavy atom. The Labute approximate surface area is 95.7 Å². The Bertz CT molecular complexity index is 351. The van der Waals surface area contributed by atoms with Crippen LogP contribution in [0, 0.1) is 0 Å². The van der Waals surface area contributed by atoms with Crippen LogP contribution in [-0.2, 0) is 6.42 Å². The summed E-state index contributed by atoms with van der Waals surface area (Å²) < 4.78 is 0. The molecule has 4 nitrogen and oxygen atoms in total. The zero-order valence-corrected chi connectivity index (χ0v) is 9.66. The first-order valence-corrected chi connectivity index (χ1v) is 5.40. The van der Waals surface area contributed by atoms with Crippen molar-refractivity contribution < 1.29 is 9.90 Å². The molecule has 3 N–H and O–H groups in total. The van der Waals surface area contributed by atoms with Gasteiger partial charge >= 0.3 is 6.03 Å². The molecule has 88 valence electrons. The second-order valence-corrected chi connectivity index (χ2v) is 3.97. The van der Waals surface area contributed by atoms with Gasteiger partial charge in [-0.25, -0.2) is 4.79 Å². The van der Waals surface area contributed by atoms with Crippen LogP contribution in [0.2, 0.25) is 0 Å². The Hall–Kier alpha value is -1.71. The average Bonchev–Trinajstić information content (AvgIpc) is 2.16. The molecule has 0 aliphatic heterocycles. The van der Waals surface area contributed by atoms with Crippen LogP contribution >= 0.6 is 0 Å². The van der Waals surface area contributed by atoms with E-state index in [1.54, 1.807) is 18.2 Å². The lowest BCUT2D eigenvalue weighted by Gasteiger charge is -2.09. The summed E-state index contributed by atoms with van der Waals surface area (Å²) in [5, 5.41) is 14.7. The standard InChI is InChI=1S/C12H18N2O2/c1-9(2)14-12(16)13-7-6-10-4-3-5-11(15)8-10/h3-5,8-9,15H,6-7H2,1-2H3,(H2,13,14,16). The molecule has 1 aromatic rings. The van der Waals surface area contributed by atoms with E-state index in [1.807, 2.05) is 19.9 Å². The summed E-state index contributed by atoms with van der Waals surface area (Å²) in [4.78, 5) is 11.2. The van der Waals surface area contributed by atoms with Gasteiger partial charge in [0.1, 0.15) is 5.75 Å². The molecular formula is C12H18N2O2. The Morgan fingerprint density at radius 1 is 1.44 bits per heavy atom. The third-order valence-electron chi connectivity index (χ3n) is 2.03. The van der Waals surface area contributed by atoms with E-state index >= 15 is 0 Å². The highest BCUT2D eigenvalue weighted by molar-refractivity contribution is 5.74. The fourth-order valence-electron chi connectivity index (χ4n) is 1.35. The number of nitrogens with one attached hydrogen (secondary N) is 2. The number of benzene rings is 1. The molecule has 0 atom stereocenters. The number of carbonyl (C=O) groups excluding carboxylic acids is 1. The molecule has 0 fully saturated rings. The van der Waals surface area contributed by atoms with Crippen LogP contribution in [0.5, 0.6) is 5.75 Å². The molecule has 2 amide bonds. The lowest BCUT2D eigenvalue weighted by molar-refractivity contribution is 0.238. The molecule has 0 heterocycles. The number of carbonyl (C=O) groups is 1. The first-order chi connectivity index (χ1) is 7.58. The van der Waals surface area contributed by atoms with Gasteiger partial charge < -0.3 is 15.7 Å². The molecule has 0 radical (unpaired) electrons. The first-order valence-electron chi connectivity index (χ1n) is 5.40. The van der Waals surface area contributed by atoms with Crippen LogP contribution < -0.4 is 10.6 Å². The fourth-order valence-corrected chi connectivity index (χ4v) is 1.35. The van der Waals surface area contributed by atoms with Crippen molar-refractivity contribution in [3.63, 3.8) is 0 Å². The normalized spacial score (nSPS) is 10.2. The summed E-state index contributed by atoms with van der Waals surface area (Å²) in [7, 11) is 0. The Morgan fingerprint density at radius 3 is 2.81 bits per heavy atom. The molecule has 0 unspecified atom stereocenters. The molecule has 0 aliphatic carbocycles. The molecule has 1 aromatic carbocycles. The van der Waals surface area contributed by atoms with E-state index < -0.39 is 0 Å². The Balaban J connectivity index is 2.28. The topological polar surface area (TPSA) is 61.4 Å². The fraction of sp³-hybridized carbons (Fsp3) is 0.417. The average molecular weight is 222 g/mol. The monoisotopic (exact) mass is 222 g/mol.